The Hall–Kier alpha value is -2.66. The van der Waals surface area contributed by atoms with Crippen LogP contribution in [-0.4, -0.2) is 24.1 Å². The maximum absolute atomic E-state index is 6.45. The summed E-state index contributed by atoms with van der Waals surface area (Å²) >= 11 is 6.45. The number of halogens is 1. The van der Waals surface area contributed by atoms with Gasteiger partial charge in [0.2, 0.25) is 0 Å². The Bertz CT molecular complexity index is 1120. The van der Waals surface area contributed by atoms with Crippen LogP contribution in [-0.2, 0) is 11.8 Å². The van der Waals surface area contributed by atoms with Gasteiger partial charge in [0.25, 0.3) is 0 Å². The van der Waals surface area contributed by atoms with E-state index >= 15 is 0 Å². The standard InChI is InChI=1S/C21H22ClN5/c1-5-18-23-10-11-26(18)19-12-17(21(2,3)4)25-20-15(13-24-27(19)20)14-8-6-7-9-16(14)22/h6-13H,5H2,1-4H3. The number of aromatic nitrogens is 5. The fraction of sp³-hybridized carbons (Fsp3) is 0.286. The van der Waals surface area contributed by atoms with Gasteiger partial charge in [0, 0.05) is 46.4 Å². The maximum atomic E-state index is 6.45. The molecule has 138 valence electrons. The van der Waals surface area contributed by atoms with Crippen LogP contribution in [0.25, 0.3) is 22.6 Å². The van der Waals surface area contributed by atoms with Gasteiger partial charge < -0.3 is 0 Å². The molecule has 0 aliphatic carbocycles. The minimum Gasteiger partial charge on any atom is -0.288 e. The van der Waals surface area contributed by atoms with Gasteiger partial charge in [-0.25, -0.2) is 9.97 Å². The zero-order valence-electron chi connectivity index (χ0n) is 15.9. The number of nitrogens with zero attached hydrogens (tertiary/aromatic N) is 5. The quantitative estimate of drug-likeness (QED) is 0.497. The first-order valence-corrected chi connectivity index (χ1v) is 9.44. The lowest BCUT2D eigenvalue weighted by Crippen LogP contribution is -2.17. The zero-order chi connectivity index (χ0) is 19.2. The van der Waals surface area contributed by atoms with E-state index in [1.807, 2.05) is 47.4 Å². The number of benzene rings is 1. The number of aryl methyl sites for hydroxylation is 1. The van der Waals surface area contributed by atoms with E-state index in [9.17, 15) is 0 Å². The van der Waals surface area contributed by atoms with Gasteiger partial charge in [-0.3, -0.25) is 4.57 Å². The lowest BCUT2D eigenvalue weighted by atomic mass is 9.92. The third-order valence-electron chi connectivity index (χ3n) is 4.67. The Morgan fingerprint density at radius 3 is 2.59 bits per heavy atom. The van der Waals surface area contributed by atoms with Gasteiger partial charge in [-0.05, 0) is 6.07 Å². The summed E-state index contributed by atoms with van der Waals surface area (Å²) in [4.78, 5) is 9.43. The third-order valence-corrected chi connectivity index (χ3v) is 5.00. The molecular formula is C21H22ClN5. The van der Waals surface area contributed by atoms with E-state index in [-0.39, 0.29) is 5.41 Å². The monoisotopic (exact) mass is 379 g/mol. The van der Waals surface area contributed by atoms with Crippen LogP contribution < -0.4 is 0 Å². The van der Waals surface area contributed by atoms with E-state index in [2.05, 4.69) is 48.4 Å². The summed E-state index contributed by atoms with van der Waals surface area (Å²) in [5, 5.41) is 5.33. The highest BCUT2D eigenvalue weighted by Crippen LogP contribution is 2.33. The van der Waals surface area contributed by atoms with E-state index in [0.29, 0.717) is 5.02 Å². The van der Waals surface area contributed by atoms with Gasteiger partial charge in [-0.1, -0.05) is 57.5 Å². The van der Waals surface area contributed by atoms with Crippen molar-refractivity contribution in [3.63, 3.8) is 0 Å². The molecule has 0 saturated carbocycles. The lowest BCUT2D eigenvalue weighted by Gasteiger charge is -2.20. The second-order valence-corrected chi connectivity index (χ2v) is 8.00. The highest BCUT2D eigenvalue weighted by Gasteiger charge is 2.22. The molecule has 0 saturated heterocycles. The van der Waals surface area contributed by atoms with Crippen molar-refractivity contribution < 1.29 is 0 Å². The predicted octanol–water partition coefficient (Wildman–Crippen LogP) is 5.10. The molecule has 0 amide bonds. The molecule has 4 aromatic rings. The van der Waals surface area contributed by atoms with E-state index in [1.54, 1.807) is 0 Å². The smallest absolute Gasteiger partial charge is 0.165 e. The first-order chi connectivity index (χ1) is 12.9. The SMILES string of the molecule is CCc1nccn1-c1cc(C(C)(C)C)nc2c(-c3ccccc3Cl)cnn12. The predicted molar refractivity (Wildman–Crippen MR) is 109 cm³/mol. The molecule has 0 aliphatic rings. The van der Waals surface area contributed by atoms with E-state index in [0.717, 1.165) is 40.5 Å². The summed E-state index contributed by atoms with van der Waals surface area (Å²) < 4.78 is 3.95. The highest BCUT2D eigenvalue weighted by atomic mass is 35.5. The third kappa shape index (κ3) is 3.02. The highest BCUT2D eigenvalue weighted by molar-refractivity contribution is 6.33. The van der Waals surface area contributed by atoms with Crippen LogP contribution in [0.4, 0.5) is 0 Å². The van der Waals surface area contributed by atoms with Gasteiger partial charge in [0.05, 0.1) is 11.9 Å². The Morgan fingerprint density at radius 2 is 1.89 bits per heavy atom. The molecule has 0 radical (unpaired) electrons. The Balaban J connectivity index is 2.06. The zero-order valence-corrected chi connectivity index (χ0v) is 16.7. The molecule has 4 rings (SSSR count). The van der Waals surface area contributed by atoms with E-state index < -0.39 is 0 Å². The van der Waals surface area contributed by atoms with Crippen molar-refractivity contribution in [2.45, 2.75) is 39.5 Å². The molecule has 0 N–H and O–H groups in total. The molecular weight excluding hydrogens is 358 g/mol. The molecule has 6 heteroatoms. The molecule has 0 bridgehead atoms. The van der Waals surface area contributed by atoms with Gasteiger partial charge in [-0.2, -0.15) is 9.61 Å². The van der Waals surface area contributed by atoms with Crippen LogP contribution >= 0.6 is 11.6 Å². The van der Waals surface area contributed by atoms with Gasteiger partial charge >= 0.3 is 0 Å². The van der Waals surface area contributed by atoms with Crippen LogP contribution in [0.1, 0.15) is 39.2 Å². The summed E-state index contributed by atoms with van der Waals surface area (Å²) in [6.07, 6.45) is 6.46. The Kier molecular flexibility index (Phi) is 4.27. The van der Waals surface area contributed by atoms with Gasteiger partial charge in [0.15, 0.2) is 5.65 Å². The molecule has 3 heterocycles. The molecule has 1 aromatic carbocycles. The van der Waals surface area contributed by atoms with Crippen molar-refractivity contribution in [3.05, 3.63) is 65.5 Å². The fourth-order valence-electron chi connectivity index (χ4n) is 3.18. The van der Waals surface area contributed by atoms with Crippen LogP contribution in [0.5, 0.6) is 0 Å². The van der Waals surface area contributed by atoms with Crippen LogP contribution in [0.2, 0.25) is 5.02 Å². The first kappa shape index (κ1) is 17.7. The average Bonchev–Trinajstić information content (AvgIpc) is 3.27. The number of hydrogen-bond donors (Lipinski definition) is 0. The van der Waals surface area contributed by atoms with Crippen molar-refractivity contribution in [1.82, 2.24) is 24.1 Å². The summed E-state index contributed by atoms with van der Waals surface area (Å²) in [6, 6.07) is 9.89. The van der Waals surface area contributed by atoms with Crippen LogP contribution in [0.15, 0.2) is 48.9 Å². The fourth-order valence-corrected chi connectivity index (χ4v) is 3.41. The number of rotatable bonds is 3. The van der Waals surface area contributed by atoms with Crippen molar-refractivity contribution in [1.29, 1.82) is 0 Å². The topological polar surface area (TPSA) is 48.0 Å². The molecule has 0 unspecified atom stereocenters. The summed E-state index contributed by atoms with van der Waals surface area (Å²) in [7, 11) is 0. The van der Waals surface area contributed by atoms with Crippen molar-refractivity contribution in [2.75, 3.05) is 0 Å². The van der Waals surface area contributed by atoms with Crippen molar-refractivity contribution in [3.8, 4) is 16.9 Å². The number of hydrogen-bond acceptors (Lipinski definition) is 3. The number of imidazole rings is 1. The molecule has 0 spiro atoms. The first-order valence-electron chi connectivity index (χ1n) is 9.07. The summed E-state index contributed by atoms with van der Waals surface area (Å²) in [5.74, 6) is 1.91. The molecule has 0 atom stereocenters. The second kappa shape index (κ2) is 6.50. The molecule has 5 nitrogen and oxygen atoms in total. The Labute approximate surface area is 163 Å². The van der Waals surface area contributed by atoms with Crippen molar-refractivity contribution >= 4 is 17.2 Å². The molecule has 0 aliphatic heterocycles. The Morgan fingerprint density at radius 1 is 1.11 bits per heavy atom. The van der Waals surface area contributed by atoms with Crippen LogP contribution in [0, 0.1) is 0 Å². The second-order valence-electron chi connectivity index (χ2n) is 7.59. The average molecular weight is 380 g/mol. The van der Waals surface area contributed by atoms with E-state index in [1.165, 1.54) is 0 Å². The minimum absolute atomic E-state index is 0.106. The largest absolute Gasteiger partial charge is 0.288 e. The van der Waals surface area contributed by atoms with Crippen LogP contribution in [0.3, 0.4) is 0 Å². The summed E-state index contributed by atoms with van der Waals surface area (Å²) in [6.45, 7) is 8.58. The minimum atomic E-state index is -0.106. The van der Waals surface area contributed by atoms with Gasteiger partial charge in [0.1, 0.15) is 11.6 Å². The maximum Gasteiger partial charge on any atom is 0.165 e. The summed E-state index contributed by atoms with van der Waals surface area (Å²) in [5.41, 5.74) is 3.54. The van der Waals surface area contributed by atoms with Crippen molar-refractivity contribution in [2.24, 2.45) is 0 Å². The molecule has 0 fully saturated rings. The van der Waals surface area contributed by atoms with E-state index in [4.69, 9.17) is 16.6 Å². The molecule has 3 aromatic heterocycles. The number of fused-ring (bicyclic) bond motifs is 1. The van der Waals surface area contributed by atoms with Gasteiger partial charge in [-0.15, -0.1) is 0 Å². The normalized spacial score (nSPS) is 12.0. The lowest BCUT2D eigenvalue weighted by molar-refractivity contribution is 0.566. The molecule has 27 heavy (non-hydrogen) atoms.